The van der Waals surface area contributed by atoms with Crippen LogP contribution in [0, 0.1) is 0 Å². The molecule has 0 radical (unpaired) electrons. The first-order valence-electron chi connectivity index (χ1n) is 8.65. The molecule has 7 heteroatoms. The predicted octanol–water partition coefficient (Wildman–Crippen LogP) is 3.54. The van der Waals surface area contributed by atoms with E-state index in [0.29, 0.717) is 30.5 Å². The standard InChI is InChI=1S/C19H19N5O2/c25-19(21-15-6-2-1-3-7-15)24-12-9-14(10-13-24)18-22-17(23-26-18)16-8-4-5-11-20-16/h1-8,11,14H,9-10,12-13H2,(H,21,25). The van der Waals surface area contributed by atoms with Gasteiger partial charge in [0.15, 0.2) is 0 Å². The smallest absolute Gasteiger partial charge is 0.321 e. The van der Waals surface area contributed by atoms with Crippen molar-refractivity contribution in [3.63, 3.8) is 0 Å². The van der Waals surface area contributed by atoms with Crippen LogP contribution in [0.15, 0.2) is 59.3 Å². The Hall–Kier alpha value is -3.22. The third-order valence-electron chi connectivity index (χ3n) is 4.49. The van der Waals surface area contributed by atoms with Crippen molar-refractivity contribution in [3.05, 3.63) is 60.6 Å². The van der Waals surface area contributed by atoms with Crippen LogP contribution in [0.1, 0.15) is 24.7 Å². The van der Waals surface area contributed by atoms with Gasteiger partial charge in [0.25, 0.3) is 0 Å². The Labute approximate surface area is 151 Å². The monoisotopic (exact) mass is 349 g/mol. The Morgan fingerprint density at radius 3 is 2.58 bits per heavy atom. The number of urea groups is 1. The first-order chi connectivity index (χ1) is 12.8. The van der Waals surface area contributed by atoms with Gasteiger partial charge in [-0.2, -0.15) is 4.98 Å². The van der Waals surface area contributed by atoms with E-state index in [1.165, 1.54) is 0 Å². The number of nitrogens with zero attached hydrogens (tertiary/aromatic N) is 4. The average molecular weight is 349 g/mol. The van der Waals surface area contributed by atoms with E-state index < -0.39 is 0 Å². The highest BCUT2D eigenvalue weighted by Gasteiger charge is 2.27. The lowest BCUT2D eigenvalue weighted by atomic mass is 9.97. The maximum atomic E-state index is 12.4. The van der Waals surface area contributed by atoms with Crippen LogP contribution in [-0.2, 0) is 0 Å². The minimum Gasteiger partial charge on any atom is -0.339 e. The molecule has 2 amide bonds. The van der Waals surface area contributed by atoms with Crippen LogP contribution in [0.2, 0.25) is 0 Å². The number of carbonyl (C=O) groups is 1. The molecule has 1 N–H and O–H groups in total. The van der Waals surface area contributed by atoms with Crippen LogP contribution < -0.4 is 5.32 Å². The zero-order chi connectivity index (χ0) is 17.8. The lowest BCUT2D eigenvalue weighted by Gasteiger charge is -2.30. The molecule has 1 aliphatic rings. The second-order valence-corrected chi connectivity index (χ2v) is 6.23. The lowest BCUT2D eigenvalue weighted by Crippen LogP contribution is -2.40. The molecule has 26 heavy (non-hydrogen) atoms. The average Bonchev–Trinajstić information content (AvgIpc) is 3.20. The van der Waals surface area contributed by atoms with E-state index >= 15 is 0 Å². The SMILES string of the molecule is O=C(Nc1ccccc1)N1CCC(c2nc(-c3ccccn3)no2)CC1. The normalized spacial score (nSPS) is 15.0. The van der Waals surface area contributed by atoms with Gasteiger partial charge in [-0.1, -0.05) is 29.4 Å². The number of amides is 2. The highest BCUT2D eigenvalue weighted by molar-refractivity contribution is 5.89. The number of rotatable bonds is 3. The zero-order valence-electron chi connectivity index (χ0n) is 14.2. The van der Waals surface area contributed by atoms with Crippen molar-refractivity contribution in [1.29, 1.82) is 0 Å². The topological polar surface area (TPSA) is 84.2 Å². The van der Waals surface area contributed by atoms with Gasteiger partial charge in [0.05, 0.1) is 0 Å². The first kappa shape index (κ1) is 16.3. The molecule has 0 atom stereocenters. The number of nitrogens with one attached hydrogen (secondary N) is 1. The van der Waals surface area contributed by atoms with Gasteiger partial charge in [-0.3, -0.25) is 4.98 Å². The minimum atomic E-state index is -0.0747. The van der Waals surface area contributed by atoms with Gasteiger partial charge in [-0.25, -0.2) is 4.79 Å². The fourth-order valence-corrected chi connectivity index (χ4v) is 3.05. The largest absolute Gasteiger partial charge is 0.339 e. The maximum absolute atomic E-state index is 12.4. The van der Waals surface area contributed by atoms with Crippen LogP contribution in [-0.4, -0.2) is 39.1 Å². The molecule has 1 saturated heterocycles. The molecule has 3 aromatic rings. The Morgan fingerprint density at radius 1 is 1.08 bits per heavy atom. The summed E-state index contributed by atoms with van der Waals surface area (Å²) in [4.78, 5) is 22.9. The molecule has 0 aliphatic carbocycles. The van der Waals surface area contributed by atoms with E-state index in [2.05, 4.69) is 20.4 Å². The first-order valence-corrected chi connectivity index (χ1v) is 8.65. The number of carbonyl (C=O) groups excluding carboxylic acids is 1. The molecule has 1 fully saturated rings. The molecule has 132 valence electrons. The molecule has 7 nitrogen and oxygen atoms in total. The van der Waals surface area contributed by atoms with Crippen molar-refractivity contribution in [2.24, 2.45) is 0 Å². The summed E-state index contributed by atoms with van der Waals surface area (Å²) >= 11 is 0. The third kappa shape index (κ3) is 3.56. The van der Waals surface area contributed by atoms with Crippen molar-refractivity contribution >= 4 is 11.7 Å². The molecule has 4 rings (SSSR count). The summed E-state index contributed by atoms with van der Waals surface area (Å²) in [6, 6.07) is 15.0. The van der Waals surface area contributed by atoms with Crippen LogP contribution >= 0.6 is 0 Å². The molecular formula is C19H19N5O2. The molecule has 0 saturated carbocycles. The second kappa shape index (κ2) is 7.35. The van der Waals surface area contributed by atoms with Gasteiger partial charge < -0.3 is 14.7 Å². The van der Waals surface area contributed by atoms with Crippen molar-refractivity contribution in [2.75, 3.05) is 18.4 Å². The quantitative estimate of drug-likeness (QED) is 0.782. The number of piperidine rings is 1. The van der Waals surface area contributed by atoms with E-state index in [4.69, 9.17) is 4.52 Å². The lowest BCUT2D eigenvalue weighted by molar-refractivity contribution is 0.187. The Kier molecular flexibility index (Phi) is 4.59. The molecule has 2 aromatic heterocycles. The van der Waals surface area contributed by atoms with Gasteiger partial charge in [-0.05, 0) is 37.1 Å². The summed E-state index contributed by atoms with van der Waals surface area (Å²) in [6.45, 7) is 1.31. The fraction of sp³-hybridized carbons (Fsp3) is 0.263. The van der Waals surface area contributed by atoms with Crippen molar-refractivity contribution in [2.45, 2.75) is 18.8 Å². The summed E-state index contributed by atoms with van der Waals surface area (Å²) < 4.78 is 5.43. The molecule has 0 bridgehead atoms. The number of aromatic nitrogens is 3. The molecule has 1 aromatic carbocycles. The van der Waals surface area contributed by atoms with E-state index in [9.17, 15) is 4.79 Å². The maximum Gasteiger partial charge on any atom is 0.321 e. The molecule has 1 aliphatic heterocycles. The van der Waals surface area contributed by atoms with Gasteiger partial charge in [0.1, 0.15) is 5.69 Å². The van der Waals surface area contributed by atoms with Crippen molar-refractivity contribution in [1.82, 2.24) is 20.0 Å². The number of likely N-dealkylation sites (tertiary alicyclic amines) is 1. The van der Waals surface area contributed by atoms with Crippen LogP contribution in [0.5, 0.6) is 0 Å². The number of hydrogen-bond acceptors (Lipinski definition) is 5. The van der Waals surface area contributed by atoms with Crippen LogP contribution in [0.3, 0.4) is 0 Å². The van der Waals surface area contributed by atoms with Gasteiger partial charge >= 0.3 is 6.03 Å². The Balaban J connectivity index is 1.35. The van der Waals surface area contributed by atoms with Gasteiger partial charge in [-0.15, -0.1) is 0 Å². The molecule has 0 spiro atoms. The fourth-order valence-electron chi connectivity index (χ4n) is 3.05. The number of anilines is 1. The molecule has 0 unspecified atom stereocenters. The zero-order valence-corrected chi connectivity index (χ0v) is 14.2. The summed E-state index contributed by atoms with van der Waals surface area (Å²) in [7, 11) is 0. The highest BCUT2D eigenvalue weighted by Crippen LogP contribution is 2.28. The van der Waals surface area contributed by atoms with Gasteiger partial charge in [0.2, 0.25) is 11.7 Å². The Morgan fingerprint density at radius 2 is 1.85 bits per heavy atom. The minimum absolute atomic E-state index is 0.0747. The highest BCUT2D eigenvalue weighted by atomic mass is 16.5. The van der Waals surface area contributed by atoms with Gasteiger partial charge in [0, 0.05) is 30.9 Å². The molecular weight excluding hydrogens is 330 g/mol. The van der Waals surface area contributed by atoms with E-state index in [1.54, 1.807) is 6.20 Å². The summed E-state index contributed by atoms with van der Waals surface area (Å²) in [5.74, 6) is 1.29. The summed E-state index contributed by atoms with van der Waals surface area (Å²) in [5.41, 5.74) is 1.50. The number of pyridine rings is 1. The third-order valence-corrected chi connectivity index (χ3v) is 4.49. The molecule has 3 heterocycles. The van der Waals surface area contributed by atoms with Crippen molar-refractivity contribution < 1.29 is 9.32 Å². The van der Waals surface area contributed by atoms with E-state index in [1.807, 2.05) is 53.4 Å². The van der Waals surface area contributed by atoms with E-state index in [0.717, 1.165) is 18.5 Å². The number of para-hydroxylation sites is 1. The predicted molar refractivity (Wildman–Crippen MR) is 96.5 cm³/mol. The second-order valence-electron chi connectivity index (χ2n) is 6.23. The van der Waals surface area contributed by atoms with Crippen molar-refractivity contribution in [3.8, 4) is 11.5 Å². The number of benzene rings is 1. The van der Waals surface area contributed by atoms with Crippen LogP contribution in [0.25, 0.3) is 11.5 Å². The number of hydrogen-bond donors (Lipinski definition) is 1. The van der Waals surface area contributed by atoms with Crippen LogP contribution in [0.4, 0.5) is 10.5 Å². The summed E-state index contributed by atoms with van der Waals surface area (Å²) in [6.07, 6.45) is 3.30. The summed E-state index contributed by atoms with van der Waals surface area (Å²) in [5, 5.41) is 6.95. The Bertz CT molecular complexity index is 858. The van der Waals surface area contributed by atoms with E-state index in [-0.39, 0.29) is 11.9 Å².